The van der Waals surface area contributed by atoms with Crippen LogP contribution in [-0.2, 0) is 9.53 Å². The fourth-order valence-corrected chi connectivity index (χ4v) is 1.08. The van der Waals surface area contributed by atoms with Crippen molar-refractivity contribution in [1.29, 1.82) is 0 Å². The van der Waals surface area contributed by atoms with Crippen molar-refractivity contribution in [2.75, 3.05) is 0 Å². The van der Waals surface area contributed by atoms with Gasteiger partial charge < -0.3 is 4.74 Å². The lowest BCUT2D eigenvalue weighted by Crippen LogP contribution is -2.04. The van der Waals surface area contributed by atoms with Crippen LogP contribution >= 0.6 is 0 Å². The van der Waals surface area contributed by atoms with E-state index < -0.39 is 6.10 Å². The predicted octanol–water partition coefficient (Wildman–Crippen LogP) is 2.45. The summed E-state index contributed by atoms with van der Waals surface area (Å²) in [5.74, 6) is -0.687. The molecule has 1 rings (SSSR count). The second-order valence-corrected chi connectivity index (χ2v) is 2.81. The van der Waals surface area contributed by atoms with Crippen LogP contribution in [0.2, 0.25) is 0 Å². The van der Waals surface area contributed by atoms with Gasteiger partial charge in [-0.05, 0) is 24.6 Å². The lowest BCUT2D eigenvalue weighted by atomic mass is 10.1. The van der Waals surface area contributed by atoms with Crippen LogP contribution in [0.5, 0.6) is 0 Å². The van der Waals surface area contributed by atoms with Gasteiger partial charge in [0.05, 0.1) is 0 Å². The van der Waals surface area contributed by atoms with Gasteiger partial charge in [-0.1, -0.05) is 12.1 Å². The summed E-state index contributed by atoms with van der Waals surface area (Å²) in [6.45, 7) is 3.03. The summed E-state index contributed by atoms with van der Waals surface area (Å²) in [6, 6.07) is 6.01. The highest BCUT2D eigenvalue weighted by atomic mass is 19.1. The highest BCUT2D eigenvalue weighted by Gasteiger charge is 2.08. The summed E-state index contributed by atoms with van der Waals surface area (Å²) in [5.41, 5.74) is 0.662. The number of carbonyl (C=O) groups is 1. The first-order valence-corrected chi connectivity index (χ1v) is 4.02. The highest BCUT2D eigenvalue weighted by molar-refractivity contribution is 5.66. The predicted molar refractivity (Wildman–Crippen MR) is 46.6 cm³/mol. The number of hydrogen-bond acceptors (Lipinski definition) is 2. The molecule has 0 saturated carbocycles. The van der Waals surface area contributed by atoms with Crippen molar-refractivity contribution >= 4 is 5.97 Å². The molecule has 0 saturated heterocycles. The fourth-order valence-electron chi connectivity index (χ4n) is 1.08. The van der Waals surface area contributed by atoms with E-state index in [9.17, 15) is 9.18 Å². The number of ether oxygens (including phenoxy) is 1. The Bertz CT molecular complexity index is 310. The van der Waals surface area contributed by atoms with E-state index in [-0.39, 0.29) is 11.8 Å². The minimum Gasteiger partial charge on any atom is -0.458 e. The SMILES string of the molecule is CC(=O)O[C@H](C)c1cccc(F)c1. The lowest BCUT2D eigenvalue weighted by Gasteiger charge is -2.11. The zero-order valence-electron chi connectivity index (χ0n) is 7.58. The molecule has 1 atom stereocenters. The van der Waals surface area contributed by atoms with E-state index in [0.717, 1.165) is 0 Å². The third-order valence-corrected chi connectivity index (χ3v) is 1.66. The van der Waals surface area contributed by atoms with Crippen molar-refractivity contribution in [2.24, 2.45) is 0 Å². The summed E-state index contributed by atoms with van der Waals surface area (Å²) in [7, 11) is 0. The Morgan fingerprint density at radius 2 is 2.23 bits per heavy atom. The topological polar surface area (TPSA) is 26.3 Å². The molecular formula is C10H11FO2. The summed E-state index contributed by atoms with van der Waals surface area (Å²) in [5, 5.41) is 0. The molecule has 0 aromatic heterocycles. The first-order chi connectivity index (χ1) is 6.09. The maximum atomic E-state index is 12.7. The molecule has 2 nitrogen and oxygen atoms in total. The summed E-state index contributed by atoms with van der Waals surface area (Å²) in [4.78, 5) is 10.6. The van der Waals surface area contributed by atoms with Crippen LogP contribution in [-0.4, -0.2) is 5.97 Å². The Labute approximate surface area is 76.3 Å². The summed E-state index contributed by atoms with van der Waals surface area (Å²) in [6.07, 6.45) is -0.395. The Hall–Kier alpha value is -1.38. The average molecular weight is 182 g/mol. The van der Waals surface area contributed by atoms with Gasteiger partial charge in [-0.2, -0.15) is 0 Å². The molecule has 0 radical (unpaired) electrons. The van der Waals surface area contributed by atoms with Gasteiger partial charge in [0.1, 0.15) is 11.9 Å². The fraction of sp³-hybridized carbons (Fsp3) is 0.300. The van der Waals surface area contributed by atoms with E-state index >= 15 is 0 Å². The van der Waals surface area contributed by atoms with Gasteiger partial charge in [-0.3, -0.25) is 4.79 Å². The third-order valence-electron chi connectivity index (χ3n) is 1.66. The van der Waals surface area contributed by atoms with Crippen molar-refractivity contribution in [3.63, 3.8) is 0 Å². The van der Waals surface area contributed by atoms with Crippen molar-refractivity contribution in [2.45, 2.75) is 20.0 Å². The molecule has 1 aromatic carbocycles. The molecule has 0 aliphatic heterocycles. The quantitative estimate of drug-likeness (QED) is 0.656. The molecule has 0 amide bonds. The zero-order valence-corrected chi connectivity index (χ0v) is 7.58. The van der Waals surface area contributed by atoms with E-state index in [2.05, 4.69) is 0 Å². The van der Waals surface area contributed by atoms with Crippen molar-refractivity contribution < 1.29 is 13.9 Å². The molecule has 13 heavy (non-hydrogen) atoms. The highest BCUT2D eigenvalue weighted by Crippen LogP contribution is 2.17. The van der Waals surface area contributed by atoms with E-state index in [1.807, 2.05) is 0 Å². The number of hydrogen-bond donors (Lipinski definition) is 0. The molecule has 70 valence electrons. The van der Waals surface area contributed by atoms with Gasteiger partial charge >= 0.3 is 5.97 Å². The molecule has 0 aliphatic rings. The molecule has 0 N–H and O–H groups in total. The molecular weight excluding hydrogens is 171 g/mol. The van der Waals surface area contributed by atoms with Crippen LogP contribution in [0.1, 0.15) is 25.5 Å². The molecule has 1 aromatic rings. The maximum absolute atomic E-state index is 12.7. The van der Waals surface area contributed by atoms with Crippen LogP contribution < -0.4 is 0 Å². The zero-order chi connectivity index (χ0) is 9.84. The molecule has 0 spiro atoms. The molecule has 0 aliphatic carbocycles. The van der Waals surface area contributed by atoms with Crippen molar-refractivity contribution in [3.8, 4) is 0 Å². The minimum absolute atomic E-state index is 0.323. The van der Waals surface area contributed by atoms with Gasteiger partial charge in [0.2, 0.25) is 0 Å². The summed E-state index contributed by atoms with van der Waals surface area (Å²) >= 11 is 0. The second kappa shape index (κ2) is 4.03. The Balaban J connectivity index is 2.76. The van der Waals surface area contributed by atoms with Crippen LogP contribution in [0.25, 0.3) is 0 Å². The van der Waals surface area contributed by atoms with Crippen LogP contribution in [0.3, 0.4) is 0 Å². The maximum Gasteiger partial charge on any atom is 0.303 e. The van der Waals surface area contributed by atoms with Crippen LogP contribution in [0.15, 0.2) is 24.3 Å². The standard InChI is InChI=1S/C10H11FO2/c1-7(13-8(2)12)9-4-3-5-10(11)6-9/h3-7H,1-2H3/t7-/m1/s1. The first kappa shape index (κ1) is 9.71. The van der Waals surface area contributed by atoms with Gasteiger partial charge in [0.15, 0.2) is 0 Å². The smallest absolute Gasteiger partial charge is 0.303 e. The van der Waals surface area contributed by atoms with Gasteiger partial charge in [0.25, 0.3) is 0 Å². The normalized spacial score (nSPS) is 12.2. The van der Waals surface area contributed by atoms with Crippen molar-refractivity contribution in [3.05, 3.63) is 35.6 Å². The Morgan fingerprint density at radius 1 is 1.54 bits per heavy atom. The van der Waals surface area contributed by atoms with E-state index in [1.165, 1.54) is 19.1 Å². The van der Waals surface area contributed by atoms with Crippen LogP contribution in [0, 0.1) is 5.82 Å². The monoisotopic (exact) mass is 182 g/mol. The van der Waals surface area contributed by atoms with Gasteiger partial charge in [-0.15, -0.1) is 0 Å². The third kappa shape index (κ3) is 2.86. The van der Waals surface area contributed by atoms with Gasteiger partial charge in [-0.25, -0.2) is 4.39 Å². The second-order valence-electron chi connectivity index (χ2n) is 2.81. The average Bonchev–Trinajstić information content (AvgIpc) is 2.03. The first-order valence-electron chi connectivity index (χ1n) is 4.02. The summed E-state index contributed by atoms with van der Waals surface area (Å²) < 4.78 is 17.6. The van der Waals surface area contributed by atoms with Gasteiger partial charge in [0, 0.05) is 6.92 Å². The number of rotatable bonds is 2. The number of benzene rings is 1. The molecule has 0 fully saturated rings. The largest absolute Gasteiger partial charge is 0.458 e. The number of esters is 1. The van der Waals surface area contributed by atoms with Crippen LogP contribution in [0.4, 0.5) is 4.39 Å². The Morgan fingerprint density at radius 3 is 2.77 bits per heavy atom. The number of halogens is 1. The minimum atomic E-state index is -0.395. The number of carbonyl (C=O) groups excluding carboxylic acids is 1. The molecule has 0 unspecified atom stereocenters. The molecule has 0 heterocycles. The molecule has 3 heteroatoms. The van der Waals surface area contributed by atoms with E-state index in [1.54, 1.807) is 19.1 Å². The lowest BCUT2D eigenvalue weighted by molar-refractivity contribution is -0.145. The van der Waals surface area contributed by atoms with E-state index in [0.29, 0.717) is 5.56 Å². The van der Waals surface area contributed by atoms with E-state index in [4.69, 9.17) is 4.74 Å². The van der Waals surface area contributed by atoms with Crippen molar-refractivity contribution in [1.82, 2.24) is 0 Å². The molecule has 0 bridgehead atoms. The Kier molecular flexibility index (Phi) is 3.01.